The van der Waals surface area contributed by atoms with E-state index >= 15 is 0 Å². The van der Waals surface area contributed by atoms with Crippen molar-refractivity contribution in [2.24, 2.45) is 0 Å². The number of imidazole rings is 1. The Bertz CT molecular complexity index is 1800. The number of aromatic nitrogens is 2. The number of rotatable bonds is 6. The summed E-state index contributed by atoms with van der Waals surface area (Å²) in [4.78, 5) is 23.3. The van der Waals surface area contributed by atoms with Crippen LogP contribution in [-0.4, -0.2) is 62.1 Å². The molecule has 0 spiro atoms. The molecule has 0 saturated carbocycles. The molecule has 7 nitrogen and oxygen atoms in total. The van der Waals surface area contributed by atoms with Gasteiger partial charge < -0.3 is 19.0 Å². The molecule has 1 amide bonds. The van der Waals surface area contributed by atoms with E-state index in [-0.39, 0.29) is 17.1 Å². The van der Waals surface area contributed by atoms with Gasteiger partial charge >= 0.3 is 0 Å². The van der Waals surface area contributed by atoms with E-state index in [0.29, 0.717) is 29.3 Å². The number of benzene rings is 3. The molecule has 2 bridgehead atoms. The second-order valence-corrected chi connectivity index (χ2v) is 13.3. The first-order valence-electron chi connectivity index (χ1n) is 16.2. The number of carbonyl (C=O) groups is 1. The Kier molecular flexibility index (Phi) is 6.74. The Morgan fingerprint density at radius 1 is 0.955 bits per heavy atom. The molecule has 3 aliphatic heterocycles. The van der Waals surface area contributed by atoms with Gasteiger partial charge in [-0.25, -0.2) is 4.98 Å². The van der Waals surface area contributed by atoms with Crippen LogP contribution < -0.4 is 0 Å². The quantitative estimate of drug-likeness (QED) is 0.227. The first kappa shape index (κ1) is 27.4. The molecule has 1 N–H and O–H groups in total. The molecule has 5 heterocycles. The van der Waals surface area contributed by atoms with Gasteiger partial charge in [0, 0.05) is 42.7 Å². The summed E-state index contributed by atoms with van der Waals surface area (Å²) in [5.74, 6) is 1.29. The van der Waals surface area contributed by atoms with Gasteiger partial charge in [0.1, 0.15) is 23.4 Å². The van der Waals surface area contributed by atoms with Crippen LogP contribution in [0.15, 0.2) is 83.5 Å². The number of hydrogen-bond donors (Lipinski definition) is 1. The lowest BCUT2D eigenvalue weighted by Gasteiger charge is -2.45. The molecule has 3 fully saturated rings. The molecule has 1 unspecified atom stereocenters. The highest BCUT2D eigenvalue weighted by atomic mass is 16.3. The molecule has 44 heavy (non-hydrogen) atoms. The number of carbonyl (C=O) groups excluding carboxylic acids is 1. The van der Waals surface area contributed by atoms with Gasteiger partial charge in [-0.3, -0.25) is 9.69 Å². The number of phenols is 1. The summed E-state index contributed by atoms with van der Waals surface area (Å²) in [5.41, 5.74) is 4.95. The number of nitrogens with zero attached hydrogens (tertiary/aromatic N) is 4. The zero-order valence-corrected chi connectivity index (χ0v) is 25.4. The molecule has 8 rings (SSSR count). The molecule has 3 atom stereocenters. The maximum Gasteiger partial charge on any atom is 0.257 e. The number of para-hydroxylation sites is 2. The molecule has 2 aromatic heterocycles. The van der Waals surface area contributed by atoms with Crippen LogP contribution in [0.5, 0.6) is 5.75 Å². The topological polar surface area (TPSA) is 74.7 Å². The predicted octanol–water partition coefficient (Wildman–Crippen LogP) is 7.23. The highest BCUT2D eigenvalue weighted by molar-refractivity contribution is 6.06. The van der Waals surface area contributed by atoms with E-state index in [4.69, 9.17) is 9.40 Å². The number of piperidine rings is 2. The fourth-order valence-electron chi connectivity index (χ4n) is 8.76. The number of hydrogen-bond acceptors (Lipinski definition) is 5. The van der Waals surface area contributed by atoms with Gasteiger partial charge in [-0.1, -0.05) is 42.5 Å². The number of phenolic OH excluding ortho intramolecular Hbond substituents is 1. The minimum Gasteiger partial charge on any atom is -0.508 e. The molecular formula is C37H40N4O3. The van der Waals surface area contributed by atoms with E-state index in [0.717, 1.165) is 55.6 Å². The minimum atomic E-state index is 0.0125. The molecule has 3 aromatic carbocycles. The lowest BCUT2D eigenvalue weighted by atomic mass is 9.70. The number of amides is 1. The van der Waals surface area contributed by atoms with Crippen LogP contribution in [0.1, 0.15) is 72.7 Å². The third kappa shape index (κ3) is 4.60. The number of aromatic hydroxyl groups is 1. The number of furan rings is 1. The Labute approximate surface area is 258 Å². The number of aryl methyl sites for hydroxylation is 1. The van der Waals surface area contributed by atoms with Gasteiger partial charge in [0.25, 0.3) is 5.91 Å². The monoisotopic (exact) mass is 588 g/mol. The molecule has 226 valence electrons. The van der Waals surface area contributed by atoms with Crippen molar-refractivity contribution in [1.29, 1.82) is 0 Å². The van der Waals surface area contributed by atoms with Gasteiger partial charge in [0.05, 0.1) is 16.6 Å². The van der Waals surface area contributed by atoms with Crippen molar-refractivity contribution in [3.8, 4) is 5.75 Å². The lowest BCUT2D eigenvalue weighted by molar-refractivity contribution is 0.0608. The fourth-order valence-corrected chi connectivity index (χ4v) is 8.76. The van der Waals surface area contributed by atoms with E-state index in [1.165, 1.54) is 36.8 Å². The maximum atomic E-state index is 13.6. The van der Waals surface area contributed by atoms with E-state index in [1.54, 1.807) is 24.5 Å². The largest absolute Gasteiger partial charge is 0.508 e. The Morgan fingerprint density at radius 2 is 1.68 bits per heavy atom. The molecule has 0 radical (unpaired) electrons. The lowest BCUT2D eigenvalue weighted by Crippen LogP contribution is -2.49. The van der Waals surface area contributed by atoms with Crippen molar-refractivity contribution in [1.82, 2.24) is 19.4 Å². The van der Waals surface area contributed by atoms with E-state index < -0.39 is 0 Å². The van der Waals surface area contributed by atoms with Crippen LogP contribution in [0, 0.1) is 6.92 Å². The summed E-state index contributed by atoms with van der Waals surface area (Å²) in [6.45, 7) is 4.71. The van der Waals surface area contributed by atoms with Crippen molar-refractivity contribution in [3.63, 3.8) is 0 Å². The third-order valence-electron chi connectivity index (χ3n) is 11.0. The van der Waals surface area contributed by atoms with Gasteiger partial charge in [-0.15, -0.1) is 0 Å². The molecular weight excluding hydrogens is 548 g/mol. The average molecular weight is 589 g/mol. The summed E-state index contributed by atoms with van der Waals surface area (Å²) in [6, 6.07) is 26.3. The molecule has 3 aliphatic rings. The van der Waals surface area contributed by atoms with Gasteiger partial charge in [-0.2, -0.15) is 0 Å². The van der Waals surface area contributed by atoms with Crippen LogP contribution in [-0.2, 0) is 5.41 Å². The summed E-state index contributed by atoms with van der Waals surface area (Å²) in [6.07, 6.45) is 9.49. The van der Waals surface area contributed by atoms with E-state index in [2.05, 4.69) is 71.0 Å². The van der Waals surface area contributed by atoms with E-state index in [9.17, 15) is 9.90 Å². The molecule has 3 saturated heterocycles. The first-order valence-corrected chi connectivity index (χ1v) is 16.2. The van der Waals surface area contributed by atoms with Gasteiger partial charge in [0.15, 0.2) is 0 Å². The Morgan fingerprint density at radius 3 is 2.45 bits per heavy atom. The SMILES string of the molecule is Cc1nc2ccccc2n1C1C[C@H]2CC[C@@H](C1)N2CCC1(c2ccccc2)CCN(C(=O)c2coc3cc(O)ccc23)CC1. The van der Waals surface area contributed by atoms with Crippen LogP contribution >= 0.6 is 0 Å². The normalized spacial score (nSPS) is 23.5. The standard InChI is InChI=1S/C37H40N4O3/c1-25-38-33-9-5-6-10-34(33)41(25)29-21-27-11-12-28(22-29)40(27)20-17-37(26-7-3-2-4-8-26)15-18-39(19-16-37)36(43)32-24-44-35-23-30(42)13-14-31(32)35/h2-10,13-14,23-24,27-29,42H,11-12,15-22H2,1H3/t27-,28+,29?. The number of likely N-dealkylation sites (tertiary alicyclic amines) is 1. The Hall–Kier alpha value is -4.10. The minimum absolute atomic E-state index is 0.0125. The smallest absolute Gasteiger partial charge is 0.257 e. The van der Waals surface area contributed by atoms with E-state index in [1.807, 2.05) is 4.90 Å². The van der Waals surface area contributed by atoms with Crippen molar-refractivity contribution < 1.29 is 14.3 Å². The van der Waals surface area contributed by atoms with Crippen LogP contribution in [0.2, 0.25) is 0 Å². The summed E-state index contributed by atoms with van der Waals surface area (Å²) in [5, 5.41) is 10.6. The zero-order valence-electron chi connectivity index (χ0n) is 25.4. The summed E-state index contributed by atoms with van der Waals surface area (Å²) in [7, 11) is 0. The van der Waals surface area contributed by atoms with Crippen molar-refractivity contribution in [2.75, 3.05) is 19.6 Å². The average Bonchev–Trinajstić information content (AvgIpc) is 3.69. The van der Waals surface area contributed by atoms with Crippen LogP contribution in [0.4, 0.5) is 0 Å². The highest BCUT2D eigenvalue weighted by Gasteiger charge is 2.44. The number of fused-ring (bicyclic) bond motifs is 4. The van der Waals surface area contributed by atoms with Crippen molar-refractivity contribution >= 4 is 27.9 Å². The molecule has 7 heteroatoms. The third-order valence-corrected chi connectivity index (χ3v) is 11.0. The molecule has 0 aliphatic carbocycles. The van der Waals surface area contributed by atoms with Gasteiger partial charge in [-0.05, 0) is 93.7 Å². The van der Waals surface area contributed by atoms with Crippen molar-refractivity contribution in [2.45, 2.75) is 75.4 Å². The van der Waals surface area contributed by atoms with Crippen LogP contribution in [0.3, 0.4) is 0 Å². The summed E-state index contributed by atoms with van der Waals surface area (Å²) >= 11 is 0. The predicted molar refractivity (Wildman–Crippen MR) is 172 cm³/mol. The van der Waals surface area contributed by atoms with Gasteiger partial charge in [0.2, 0.25) is 0 Å². The highest BCUT2D eigenvalue weighted by Crippen LogP contribution is 2.45. The summed E-state index contributed by atoms with van der Waals surface area (Å²) < 4.78 is 8.14. The van der Waals surface area contributed by atoms with Crippen LogP contribution in [0.25, 0.3) is 22.0 Å². The second kappa shape index (κ2) is 10.8. The molecule has 5 aromatic rings. The fraction of sp³-hybridized carbons (Fsp3) is 0.405. The zero-order chi connectivity index (χ0) is 29.8. The first-order chi connectivity index (χ1) is 21.5. The second-order valence-electron chi connectivity index (χ2n) is 13.3. The van der Waals surface area contributed by atoms with Crippen molar-refractivity contribution in [3.05, 3.63) is 96.0 Å². The Balaban J connectivity index is 0.985. The maximum absolute atomic E-state index is 13.6.